The molecule has 0 saturated heterocycles. The maximum absolute atomic E-state index is 14.1. The largest absolute Gasteiger partial charge is 0.377 e. The third kappa shape index (κ3) is 5.34. The third-order valence-electron chi connectivity index (χ3n) is 2.39. The summed E-state index contributed by atoms with van der Waals surface area (Å²) in [5.41, 5.74) is -0.405. The van der Waals surface area contributed by atoms with Crippen molar-refractivity contribution in [3.05, 3.63) is 28.0 Å². The minimum Gasteiger partial charge on any atom is -0.377 e. The van der Waals surface area contributed by atoms with Gasteiger partial charge in [-0.05, 0) is 26.0 Å². The summed E-state index contributed by atoms with van der Waals surface area (Å²) < 4.78 is 42.1. The summed E-state index contributed by atoms with van der Waals surface area (Å²) in [6, 6.07) is 2.19. The van der Waals surface area contributed by atoms with Crippen LogP contribution < -0.4 is 10.5 Å². The second kappa shape index (κ2) is 7.30. The van der Waals surface area contributed by atoms with Gasteiger partial charge in [0.15, 0.2) is 5.82 Å². The second-order valence-electron chi connectivity index (χ2n) is 4.49. The van der Waals surface area contributed by atoms with E-state index in [9.17, 15) is 17.6 Å². The van der Waals surface area contributed by atoms with Gasteiger partial charge in [0.05, 0.1) is 18.3 Å². The highest BCUT2D eigenvalue weighted by Crippen LogP contribution is 2.23. The van der Waals surface area contributed by atoms with Crippen molar-refractivity contribution in [2.75, 3.05) is 13.2 Å². The third-order valence-corrected chi connectivity index (χ3v) is 3.76. The number of ether oxygens (including phenoxy) is 1. The first-order valence-corrected chi connectivity index (χ1v) is 8.38. The lowest BCUT2D eigenvalue weighted by molar-refractivity contribution is 0.0745. The number of sulfonamides is 1. The first kappa shape index (κ1) is 18.0. The maximum Gasteiger partial charge on any atom is 0.254 e. The molecule has 0 unspecified atom stereocenters. The zero-order chi connectivity index (χ0) is 16.2. The highest BCUT2D eigenvalue weighted by molar-refractivity contribution is 9.10. The lowest BCUT2D eigenvalue weighted by Crippen LogP contribution is -2.29. The van der Waals surface area contributed by atoms with Crippen LogP contribution in [0.25, 0.3) is 0 Å². The Morgan fingerprint density at radius 3 is 2.62 bits per heavy atom. The summed E-state index contributed by atoms with van der Waals surface area (Å²) in [6.45, 7) is 4.12. The van der Waals surface area contributed by atoms with E-state index in [1.807, 2.05) is 13.8 Å². The number of hydrogen-bond donors (Lipinski definition) is 2. The minimum absolute atomic E-state index is 0.0125. The Morgan fingerprint density at radius 1 is 1.48 bits per heavy atom. The number of carbonyl (C=O) groups excluding carboxylic acids is 1. The van der Waals surface area contributed by atoms with E-state index in [0.717, 1.165) is 6.07 Å². The van der Waals surface area contributed by atoms with Crippen molar-refractivity contribution in [3.8, 4) is 0 Å². The van der Waals surface area contributed by atoms with Gasteiger partial charge in [0.25, 0.3) is 5.91 Å². The highest BCUT2D eigenvalue weighted by Gasteiger charge is 2.22. The predicted molar refractivity (Wildman–Crippen MR) is 78.9 cm³/mol. The summed E-state index contributed by atoms with van der Waals surface area (Å²) >= 11 is 3.02. The second-order valence-corrected chi connectivity index (χ2v) is 6.93. The van der Waals surface area contributed by atoms with Gasteiger partial charge in [-0.2, -0.15) is 0 Å². The van der Waals surface area contributed by atoms with Gasteiger partial charge in [0.1, 0.15) is 4.90 Å². The first-order chi connectivity index (χ1) is 9.62. The zero-order valence-corrected chi connectivity index (χ0v) is 13.9. The number of benzene rings is 1. The van der Waals surface area contributed by atoms with Crippen LogP contribution in [0.4, 0.5) is 4.39 Å². The fraction of sp³-hybridized carbons (Fsp3) is 0.417. The molecule has 0 radical (unpaired) electrons. The van der Waals surface area contributed by atoms with Crippen LogP contribution >= 0.6 is 15.9 Å². The van der Waals surface area contributed by atoms with Crippen molar-refractivity contribution in [3.63, 3.8) is 0 Å². The van der Waals surface area contributed by atoms with E-state index >= 15 is 0 Å². The van der Waals surface area contributed by atoms with E-state index < -0.39 is 32.2 Å². The molecule has 0 aromatic heterocycles. The van der Waals surface area contributed by atoms with Gasteiger partial charge in [-0.15, -0.1) is 0 Å². The SMILES string of the molecule is CC(C)OCCNC(=O)c1cc(Br)cc(S(N)(=O)=O)c1F. The Kier molecular flexibility index (Phi) is 6.26. The highest BCUT2D eigenvalue weighted by atomic mass is 79.9. The van der Waals surface area contributed by atoms with Crippen LogP contribution in [0, 0.1) is 5.82 Å². The van der Waals surface area contributed by atoms with E-state index in [1.165, 1.54) is 6.07 Å². The van der Waals surface area contributed by atoms with Gasteiger partial charge in [0.2, 0.25) is 10.0 Å². The van der Waals surface area contributed by atoms with E-state index in [0.29, 0.717) is 0 Å². The van der Waals surface area contributed by atoms with Crippen molar-refractivity contribution < 1.29 is 22.3 Å². The molecule has 1 aromatic carbocycles. The van der Waals surface area contributed by atoms with Gasteiger partial charge in [0, 0.05) is 11.0 Å². The number of rotatable bonds is 6. The van der Waals surface area contributed by atoms with Crippen LogP contribution in [0.2, 0.25) is 0 Å². The number of nitrogens with two attached hydrogens (primary N) is 1. The first-order valence-electron chi connectivity index (χ1n) is 6.04. The molecule has 21 heavy (non-hydrogen) atoms. The number of halogens is 2. The van der Waals surface area contributed by atoms with Crippen molar-refractivity contribution in [2.45, 2.75) is 24.8 Å². The average molecular weight is 383 g/mol. The van der Waals surface area contributed by atoms with Crippen molar-refractivity contribution in [1.29, 1.82) is 0 Å². The van der Waals surface area contributed by atoms with E-state index in [4.69, 9.17) is 9.88 Å². The van der Waals surface area contributed by atoms with Crippen LogP contribution in [0.15, 0.2) is 21.5 Å². The molecule has 1 rings (SSSR count). The summed E-state index contributed by atoms with van der Waals surface area (Å²) in [7, 11) is -4.26. The Hall–Kier alpha value is -1.03. The fourth-order valence-electron chi connectivity index (χ4n) is 1.49. The number of carbonyl (C=O) groups is 1. The fourth-order valence-corrected chi connectivity index (χ4v) is 2.75. The molecule has 1 aromatic rings. The summed E-state index contributed by atoms with van der Waals surface area (Å²) in [4.78, 5) is 11.1. The molecule has 0 aliphatic carbocycles. The monoisotopic (exact) mass is 382 g/mol. The van der Waals surface area contributed by atoms with Crippen LogP contribution in [0.5, 0.6) is 0 Å². The van der Waals surface area contributed by atoms with Crippen LogP contribution in [0.1, 0.15) is 24.2 Å². The molecule has 6 nitrogen and oxygen atoms in total. The van der Waals surface area contributed by atoms with E-state index in [1.54, 1.807) is 0 Å². The van der Waals surface area contributed by atoms with Crippen molar-refractivity contribution >= 4 is 31.9 Å². The molecule has 118 valence electrons. The molecule has 9 heteroatoms. The van der Waals surface area contributed by atoms with Crippen LogP contribution in [-0.4, -0.2) is 33.6 Å². The number of amides is 1. The quantitative estimate of drug-likeness (QED) is 0.726. The standard InChI is InChI=1S/C12H16BrFN2O4S/c1-7(2)20-4-3-16-12(17)9-5-8(13)6-10(11(9)14)21(15,18)19/h5-7H,3-4H2,1-2H3,(H,16,17)(H2,15,18,19). The van der Waals surface area contributed by atoms with Crippen LogP contribution in [-0.2, 0) is 14.8 Å². The summed E-state index contributed by atoms with van der Waals surface area (Å²) in [6.07, 6.45) is 0.0125. The number of primary sulfonamides is 1. The van der Waals surface area contributed by atoms with Crippen molar-refractivity contribution in [2.24, 2.45) is 5.14 Å². The molecule has 0 bridgehead atoms. The van der Waals surface area contributed by atoms with Crippen molar-refractivity contribution in [1.82, 2.24) is 5.32 Å². The molecule has 0 atom stereocenters. The number of nitrogens with one attached hydrogen (secondary N) is 1. The topological polar surface area (TPSA) is 98.5 Å². The molecule has 0 fully saturated rings. The Bertz CT molecular complexity index is 634. The maximum atomic E-state index is 14.1. The van der Waals surface area contributed by atoms with Gasteiger partial charge >= 0.3 is 0 Å². The van der Waals surface area contributed by atoms with Gasteiger partial charge in [-0.1, -0.05) is 15.9 Å². The smallest absolute Gasteiger partial charge is 0.254 e. The van der Waals surface area contributed by atoms with Gasteiger partial charge in [-0.3, -0.25) is 4.79 Å². The molecule has 1 amide bonds. The molecule has 0 spiro atoms. The zero-order valence-electron chi connectivity index (χ0n) is 11.5. The lowest BCUT2D eigenvalue weighted by Gasteiger charge is -2.10. The molecule has 0 aliphatic heterocycles. The Labute approximate surface area is 131 Å². The number of hydrogen-bond acceptors (Lipinski definition) is 4. The normalized spacial score (nSPS) is 11.7. The molecule has 0 saturated carbocycles. The van der Waals surface area contributed by atoms with Crippen LogP contribution in [0.3, 0.4) is 0 Å². The molecular formula is C12H16BrFN2O4S. The predicted octanol–water partition coefficient (Wildman–Crippen LogP) is 1.39. The Morgan fingerprint density at radius 2 is 2.10 bits per heavy atom. The summed E-state index contributed by atoms with van der Waals surface area (Å²) in [5.74, 6) is -1.92. The summed E-state index contributed by atoms with van der Waals surface area (Å²) in [5, 5.41) is 7.35. The van der Waals surface area contributed by atoms with Gasteiger partial charge in [-0.25, -0.2) is 17.9 Å². The lowest BCUT2D eigenvalue weighted by atomic mass is 10.2. The van der Waals surface area contributed by atoms with E-state index in [2.05, 4.69) is 21.2 Å². The molecule has 3 N–H and O–H groups in total. The molecule has 0 aliphatic rings. The average Bonchev–Trinajstić information content (AvgIpc) is 2.35. The minimum atomic E-state index is -4.26. The molecule has 0 heterocycles. The Balaban J connectivity index is 2.93. The van der Waals surface area contributed by atoms with Gasteiger partial charge < -0.3 is 10.1 Å². The van der Waals surface area contributed by atoms with E-state index in [-0.39, 0.29) is 23.7 Å². The molecular weight excluding hydrogens is 367 g/mol.